The molecule has 21 heavy (non-hydrogen) atoms. The van der Waals surface area contributed by atoms with Gasteiger partial charge in [-0.25, -0.2) is 13.1 Å². The summed E-state index contributed by atoms with van der Waals surface area (Å²) in [6, 6.07) is 7.13. The molecule has 0 bridgehead atoms. The number of benzene rings is 1. The fourth-order valence-corrected chi connectivity index (χ4v) is 3.20. The average molecular weight is 311 g/mol. The van der Waals surface area contributed by atoms with Crippen molar-refractivity contribution in [2.24, 2.45) is 5.92 Å². The minimum Gasteiger partial charge on any atom is -0.381 e. The summed E-state index contributed by atoms with van der Waals surface area (Å²) >= 11 is 0. The molecule has 1 N–H and O–H groups in total. The van der Waals surface area contributed by atoms with Crippen molar-refractivity contribution >= 4 is 10.0 Å². The first-order valence-corrected chi connectivity index (χ1v) is 9.26. The van der Waals surface area contributed by atoms with Gasteiger partial charge in [0, 0.05) is 19.8 Å². The first kappa shape index (κ1) is 16.5. The maximum absolute atomic E-state index is 12.1. The first-order chi connectivity index (χ1) is 10.1. The molecular formula is C16H25NO3S. The van der Waals surface area contributed by atoms with Crippen molar-refractivity contribution in [3.8, 4) is 0 Å². The Balaban J connectivity index is 1.72. The van der Waals surface area contributed by atoms with E-state index < -0.39 is 10.0 Å². The largest absolute Gasteiger partial charge is 0.381 e. The Morgan fingerprint density at radius 2 is 1.95 bits per heavy atom. The third-order valence-corrected chi connectivity index (χ3v) is 5.06. The predicted molar refractivity (Wildman–Crippen MR) is 83.8 cm³/mol. The van der Waals surface area contributed by atoms with E-state index in [1.807, 2.05) is 12.1 Å². The third kappa shape index (κ3) is 5.77. The standard InChI is InChI=1S/C16H25NO3S/c1-2-4-14-7-9-16(10-8-14)21(18,19)17-11-3-12-20-13-15-5-6-15/h7-10,15,17H,2-6,11-13H2,1H3. The van der Waals surface area contributed by atoms with Crippen molar-refractivity contribution in [3.05, 3.63) is 29.8 Å². The van der Waals surface area contributed by atoms with Crippen LogP contribution in [0.25, 0.3) is 0 Å². The van der Waals surface area contributed by atoms with E-state index in [1.54, 1.807) is 12.1 Å². The zero-order valence-electron chi connectivity index (χ0n) is 12.7. The molecule has 0 amide bonds. The van der Waals surface area contributed by atoms with Gasteiger partial charge in [0.15, 0.2) is 0 Å². The molecule has 1 aliphatic rings. The Hall–Kier alpha value is -0.910. The van der Waals surface area contributed by atoms with Gasteiger partial charge in [-0.1, -0.05) is 25.5 Å². The monoisotopic (exact) mass is 311 g/mol. The number of rotatable bonds is 10. The summed E-state index contributed by atoms with van der Waals surface area (Å²) in [5, 5.41) is 0. The Morgan fingerprint density at radius 1 is 1.24 bits per heavy atom. The average Bonchev–Trinajstić information content (AvgIpc) is 3.28. The molecule has 1 aromatic carbocycles. The van der Waals surface area contributed by atoms with Crippen LogP contribution in [0.3, 0.4) is 0 Å². The lowest BCUT2D eigenvalue weighted by atomic mass is 10.1. The van der Waals surface area contributed by atoms with Gasteiger partial charge in [-0.05, 0) is 49.3 Å². The number of hydrogen-bond acceptors (Lipinski definition) is 3. The second-order valence-corrected chi connectivity index (χ2v) is 7.43. The van der Waals surface area contributed by atoms with Crippen LogP contribution in [0.5, 0.6) is 0 Å². The van der Waals surface area contributed by atoms with E-state index in [9.17, 15) is 8.42 Å². The quantitative estimate of drug-likeness (QED) is 0.676. The highest BCUT2D eigenvalue weighted by atomic mass is 32.2. The molecule has 0 aromatic heterocycles. The van der Waals surface area contributed by atoms with E-state index in [1.165, 1.54) is 18.4 Å². The molecule has 118 valence electrons. The highest BCUT2D eigenvalue weighted by Gasteiger charge is 2.20. The summed E-state index contributed by atoms with van der Waals surface area (Å²) in [4.78, 5) is 0.334. The maximum Gasteiger partial charge on any atom is 0.240 e. The second-order valence-electron chi connectivity index (χ2n) is 5.66. The van der Waals surface area contributed by atoms with E-state index in [-0.39, 0.29) is 0 Å². The topological polar surface area (TPSA) is 55.4 Å². The van der Waals surface area contributed by atoms with Crippen LogP contribution in [0, 0.1) is 5.92 Å². The second kappa shape index (κ2) is 7.92. The van der Waals surface area contributed by atoms with Gasteiger partial charge in [-0.3, -0.25) is 0 Å². The van der Waals surface area contributed by atoms with Gasteiger partial charge in [0.2, 0.25) is 10.0 Å². The molecule has 0 spiro atoms. The van der Waals surface area contributed by atoms with E-state index in [4.69, 9.17) is 4.74 Å². The molecule has 0 aliphatic heterocycles. The van der Waals surface area contributed by atoms with Gasteiger partial charge < -0.3 is 4.74 Å². The molecule has 1 fully saturated rings. The van der Waals surface area contributed by atoms with E-state index >= 15 is 0 Å². The van der Waals surface area contributed by atoms with Gasteiger partial charge in [0.05, 0.1) is 4.90 Å². The van der Waals surface area contributed by atoms with Crippen LogP contribution >= 0.6 is 0 Å². The van der Waals surface area contributed by atoms with Gasteiger partial charge in [0.25, 0.3) is 0 Å². The van der Waals surface area contributed by atoms with Gasteiger partial charge >= 0.3 is 0 Å². The lowest BCUT2D eigenvalue weighted by molar-refractivity contribution is 0.123. The number of hydrogen-bond donors (Lipinski definition) is 1. The minimum atomic E-state index is -3.39. The van der Waals surface area contributed by atoms with Crippen LogP contribution in [0.1, 0.15) is 38.2 Å². The van der Waals surface area contributed by atoms with Gasteiger partial charge in [0.1, 0.15) is 0 Å². The van der Waals surface area contributed by atoms with Crippen molar-refractivity contribution in [1.82, 2.24) is 4.72 Å². The number of sulfonamides is 1. The first-order valence-electron chi connectivity index (χ1n) is 7.78. The highest BCUT2D eigenvalue weighted by molar-refractivity contribution is 7.89. The van der Waals surface area contributed by atoms with Crippen molar-refractivity contribution in [2.75, 3.05) is 19.8 Å². The van der Waals surface area contributed by atoms with Crippen molar-refractivity contribution in [3.63, 3.8) is 0 Å². The predicted octanol–water partition coefficient (Wildman–Crippen LogP) is 2.73. The van der Waals surface area contributed by atoms with Crippen LogP contribution in [0.2, 0.25) is 0 Å². The van der Waals surface area contributed by atoms with E-state index in [2.05, 4.69) is 11.6 Å². The van der Waals surface area contributed by atoms with Crippen LogP contribution in [0.4, 0.5) is 0 Å². The summed E-state index contributed by atoms with van der Waals surface area (Å²) in [7, 11) is -3.39. The summed E-state index contributed by atoms with van der Waals surface area (Å²) in [5.74, 6) is 0.753. The smallest absolute Gasteiger partial charge is 0.240 e. The number of aryl methyl sites for hydroxylation is 1. The Labute approximate surface area is 127 Å². The SMILES string of the molecule is CCCc1ccc(S(=O)(=O)NCCCOCC2CC2)cc1. The number of nitrogens with one attached hydrogen (secondary N) is 1. The van der Waals surface area contributed by atoms with Gasteiger partial charge in [-0.15, -0.1) is 0 Å². The Bertz CT molecular complexity index is 521. The normalized spacial score (nSPS) is 15.3. The summed E-state index contributed by atoms with van der Waals surface area (Å²) in [6.07, 6.45) is 5.30. The van der Waals surface area contributed by atoms with Crippen LogP contribution < -0.4 is 4.72 Å². The highest BCUT2D eigenvalue weighted by Crippen LogP contribution is 2.28. The van der Waals surface area contributed by atoms with E-state index in [0.29, 0.717) is 24.5 Å². The summed E-state index contributed by atoms with van der Waals surface area (Å²) in [5.41, 5.74) is 1.17. The molecule has 4 nitrogen and oxygen atoms in total. The van der Waals surface area contributed by atoms with Crippen molar-refractivity contribution < 1.29 is 13.2 Å². The molecule has 5 heteroatoms. The molecule has 1 saturated carbocycles. The van der Waals surface area contributed by atoms with Gasteiger partial charge in [-0.2, -0.15) is 0 Å². The Kier molecular flexibility index (Phi) is 6.21. The zero-order valence-corrected chi connectivity index (χ0v) is 13.5. The molecule has 1 aromatic rings. The third-order valence-electron chi connectivity index (χ3n) is 3.58. The van der Waals surface area contributed by atoms with Crippen molar-refractivity contribution in [2.45, 2.75) is 43.9 Å². The van der Waals surface area contributed by atoms with Crippen LogP contribution in [-0.2, 0) is 21.2 Å². The lowest BCUT2D eigenvalue weighted by Crippen LogP contribution is -2.25. The summed E-state index contributed by atoms with van der Waals surface area (Å²) < 4.78 is 32.3. The fourth-order valence-electron chi connectivity index (χ4n) is 2.12. The molecular weight excluding hydrogens is 286 g/mol. The molecule has 0 atom stereocenters. The zero-order chi connectivity index (χ0) is 15.1. The fraction of sp³-hybridized carbons (Fsp3) is 0.625. The van der Waals surface area contributed by atoms with Crippen LogP contribution in [-0.4, -0.2) is 28.2 Å². The van der Waals surface area contributed by atoms with Crippen LogP contribution in [0.15, 0.2) is 29.2 Å². The molecule has 0 heterocycles. The van der Waals surface area contributed by atoms with E-state index in [0.717, 1.165) is 25.4 Å². The molecule has 0 unspecified atom stereocenters. The molecule has 0 radical (unpaired) electrons. The lowest BCUT2D eigenvalue weighted by Gasteiger charge is -2.08. The minimum absolute atomic E-state index is 0.334. The maximum atomic E-state index is 12.1. The molecule has 2 rings (SSSR count). The van der Waals surface area contributed by atoms with Crippen molar-refractivity contribution in [1.29, 1.82) is 0 Å². The summed E-state index contributed by atoms with van der Waals surface area (Å²) in [6.45, 7) is 3.97. The molecule has 1 aliphatic carbocycles. The molecule has 0 saturated heterocycles. The number of ether oxygens (including phenoxy) is 1. The Morgan fingerprint density at radius 3 is 2.57 bits per heavy atom.